The second-order valence-corrected chi connectivity index (χ2v) is 8.55. The highest BCUT2D eigenvalue weighted by molar-refractivity contribution is 7.99. The molecule has 0 bridgehead atoms. The molecule has 2 aromatic heterocycles. The molecule has 35 heavy (non-hydrogen) atoms. The molecule has 2 aromatic rings. The number of amides is 1. The minimum Gasteiger partial charge on any atom is -0.463 e. The van der Waals surface area contributed by atoms with Crippen molar-refractivity contribution in [2.24, 2.45) is 5.10 Å². The number of nitrogens with zero attached hydrogens (tertiary/aromatic N) is 3. The van der Waals surface area contributed by atoms with Gasteiger partial charge in [-0.05, 0) is 13.0 Å². The number of rotatable bonds is 11. The molecule has 3 rings (SSSR count). The number of aryl methyl sites for hydroxylation is 1. The van der Waals surface area contributed by atoms with Gasteiger partial charge in [0, 0.05) is 0 Å². The number of furan rings is 1. The fourth-order valence-corrected chi connectivity index (χ4v) is 3.61. The van der Waals surface area contributed by atoms with Crippen LogP contribution in [0.4, 0.5) is 0 Å². The summed E-state index contributed by atoms with van der Waals surface area (Å²) in [5.41, 5.74) is 2.54. The largest absolute Gasteiger partial charge is 0.463 e. The van der Waals surface area contributed by atoms with E-state index in [1.54, 1.807) is 13.0 Å². The zero-order valence-electron chi connectivity index (χ0n) is 18.3. The van der Waals surface area contributed by atoms with Gasteiger partial charge in [-0.25, -0.2) is 5.43 Å². The van der Waals surface area contributed by atoms with Crippen LogP contribution in [-0.2, 0) is 9.53 Å². The lowest BCUT2D eigenvalue weighted by atomic mass is 10.0. The molecular formula is C19H26N4O11S. The molecule has 1 aliphatic heterocycles. The lowest BCUT2D eigenvalue weighted by molar-refractivity contribution is -0.118. The van der Waals surface area contributed by atoms with Gasteiger partial charge in [0.1, 0.15) is 54.2 Å². The molecule has 0 saturated carbocycles. The average molecular weight is 519 g/mol. The standard InChI is InChI=1S/C19H26N4O11S/c1-7-8(2-12(33-7)17-16(31)11(27)5-32-17)18-22-23-19(34-18)35-6-13(28)21-20-3-9(25)14(29)15(30)10(26)4-24/h2-3,9-11,14-17,24-27,29-31H,4-6H2,1H3,(H,21,28)/b20-3+/t9-,10+,11+,14+,15+,16+,17-/m0/s1. The third-order valence-corrected chi connectivity index (χ3v) is 5.85. The Bertz CT molecular complexity index is 1010. The number of aliphatic hydroxyl groups excluding tert-OH is 7. The van der Waals surface area contributed by atoms with Gasteiger partial charge in [0.15, 0.2) is 0 Å². The normalized spacial score (nSPS) is 23.9. The summed E-state index contributed by atoms with van der Waals surface area (Å²) in [6.07, 6.45) is -9.29. The smallest absolute Gasteiger partial charge is 0.277 e. The van der Waals surface area contributed by atoms with Gasteiger partial charge in [-0.3, -0.25) is 4.79 Å². The van der Waals surface area contributed by atoms with Gasteiger partial charge in [-0.15, -0.1) is 10.2 Å². The van der Waals surface area contributed by atoms with E-state index in [9.17, 15) is 35.4 Å². The Morgan fingerprint density at radius 3 is 2.66 bits per heavy atom. The second kappa shape index (κ2) is 12.0. The van der Waals surface area contributed by atoms with Crippen LogP contribution in [0.15, 0.2) is 25.2 Å². The third-order valence-electron chi connectivity index (χ3n) is 5.03. The maximum absolute atomic E-state index is 11.9. The first kappa shape index (κ1) is 27.2. The number of nitrogens with one attached hydrogen (secondary N) is 1. The van der Waals surface area contributed by atoms with Crippen LogP contribution in [0.2, 0.25) is 0 Å². The SMILES string of the molecule is Cc1oc([C@@H]2OC[C@@H](O)[C@H]2O)cc1-c1nnc(SCC(=O)N/N=C/[C@H](O)[C@@H](O)[C@H](O)[C@H](O)CO)o1. The van der Waals surface area contributed by atoms with Crippen LogP contribution >= 0.6 is 11.8 Å². The molecule has 0 spiro atoms. The highest BCUT2D eigenvalue weighted by Crippen LogP contribution is 2.35. The number of ether oxygens (including phenoxy) is 1. The van der Waals surface area contributed by atoms with Gasteiger partial charge >= 0.3 is 0 Å². The Morgan fingerprint density at radius 1 is 1.26 bits per heavy atom. The summed E-state index contributed by atoms with van der Waals surface area (Å²) >= 11 is 0.892. The molecule has 0 unspecified atom stereocenters. The van der Waals surface area contributed by atoms with Crippen LogP contribution in [0.5, 0.6) is 0 Å². The lowest BCUT2D eigenvalue weighted by Gasteiger charge is -2.23. The number of hydrogen-bond donors (Lipinski definition) is 8. The first-order chi connectivity index (χ1) is 16.6. The highest BCUT2D eigenvalue weighted by atomic mass is 32.2. The summed E-state index contributed by atoms with van der Waals surface area (Å²) in [7, 11) is 0. The monoisotopic (exact) mass is 518 g/mol. The van der Waals surface area contributed by atoms with Gasteiger partial charge < -0.3 is 49.3 Å². The van der Waals surface area contributed by atoms with Gasteiger partial charge in [-0.2, -0.15) is 5.10 Å². The van der Waals surface area contributed by atoms with Gasteiger partial charge in [0.2, 0.25) is 0 Å². The molecule has 3 heterocycles. The minimum absolute atomic E-state index is 0.0251. The first-order valence-corrected chi connectivity index (χ1v) is 11.3. The molecular weight excluding hydrogens is 492 g/mol. The Labute approximate surface area is 202 Å². The van der Waals surface area contributed by atoms with Crippen molar-refractivity contribution in [3.63, 3.8) is 0 Å². The average Bonchev–Trinajstić information content (AvgIpc) is 3.55. The van der Waals surface area contributed by atoms with Crippen LogP contribution in [0.1, 0.15) is 17.6 Å². The van der Waals surface area contributed by atoms with E-state index >= 15 is 0 Å². The van der Waals surface area contributed by atoms with Gasteiger partial charge in [-0.1, -0.05) is 11.8 Å². The minimum atomic E-state index is -1.84. The van der Waals surface area contributed by atoms with E-state index in [0.29, 0.717) is 11.3 Å². The van der Waals surface area contributed by atoms with E-state index in [2.05, 4.69) is 20.7 Å². The number of aromatic nitrogens is 2. The second-order valence-electron chi connectivity index (χ2n) is 7.63. The molecule has 1 saturated heterocycles. The van der Waals surface area contributed by atoms with Crippen LogP contribution in [-0.4, -0.2) is 114 Å². The summed E-state index contributed by atoms with van der Waals surface area (Å²) in [4.78, 5) is 11.9. The summed E-state index contributed by atoms with van der Waals surface area (Å²) < 4.78 is 16.5. The fraction of sp³-hybridized carbons (Fsp3) is 0.579. The molecule has 16 heteroatoms. The number of thioether (sulfide) groups is 1. The summed E-state index contributed by atoms with van der Waals surface area (Å²) in [5.74, 6) is 0.00119. The molecule has 1 aliphatic rings. The number of carbonyl (C=O) groups is 1. The van der Waals surface area contributed by atoms with Crippen molar-refractivity contribution in [2.75, 3.05) is 19.0 Å². The lowest BCUT2D eigenvalue weighted by Crippen LogP contribution is -2.46. The number of hydrazone groups is 1. The summed E-state index contributed by atoms with van der Waals surface area (Å²) in [5, 5.41) is 77.8. The molecule has 1 amide bonds. The summed E-state index contributed by atoms with van der Waals surface area (Å²) in [6, 6.07) is 1.56. The Kier molecular flexibility index (Phi) is 9.34. The topological polar surface area (TPSA) is 244 Å². The quantitative estimate of drug-likeness (QED) is 0.0843. The zero-order chi connectivity index (χ0) is 25.7. The van der Waals surface area contributed by atoms with Crippen molar-refractivity contribution in [1.29, 1.82) is 0 Å². The first-order valence-electron chi connectivity index (χ1n) is 10.3. The maximum Gasteiger partial charge on any atom is 0.277 e. The van der Waals surface area contributed by atoms with Crippen LogP contribution in [0, 0.1) is 6.92 Å². The van der Waals surface area contributed by atoms with Crippen molar-refractivity contribution in [3.8, 4) is 11.5 Å². The molecule has 15 nitrogen and oxygen atoms in total. The van der Waals surface area contributed by atoms with E-state index < -0.39 is 55.2 Å². The van der Waals surface area contributed by atoms with Crippen molar-refractivity contribution in [1.82, 2.24) is 15.6 Å². The van der Waals surface area contributed by atoms with E-state index in [1.807, 2.05) is 0 Å². The zero-order valence-corrected chi connectivity index (χ0v) is 19.1. The molecule has 8 N–H and O–H groups in total. The molecule has 0 radical (unpaired) electrons. The third kappa shape index (κ3) is 6.63. The maximum atomic E-state index is 11.9. The van der Waals surface area contributed by atoms with E-state index in [0.717, 1.165) is 18.0 Å². The Balaban J connectivity index is 1.50. The number of aliphatic hydroxyl groups is 7. The van der Waals surface area contributed by atoms with Crippen molar-refractivity contribution >= 4 is 23.9 Å². The van der Waals surface area contributed by atoms with Crippen LogP contribution in [0.3, 0.4) is 0 Å². The van der Waals surface area contributed by atoms with Crippen molar-refractivity contribution < 1.29 is 54.1 Å². The number of hydrogen-bond acceptors (Lipinski definition) is 15. The predicted molar refractivity (Wildman–Crippen MR) is 116 cm³/mol. The highest BCUT2D eigenvalue weighted by Gasteiger charge is 2.38. The Morgan fingerprint density at radius 2 is 2.00 bits per heavy atom. The van der Waals surface area contributed by atoms with Crippen molar-refractivity contribution in [3.05, 3.63) is 17.6 Å². The predicted octanol–water partition coefficient (Wildman–Crippen LogP) is -2.94. The molecule has 0 aromatic carbocycles. The molecule has 194 valence electrons. The molecule has 1 fully saturated rings. The van der Waals surface area contributed by atoms with Gasteiger partial charge in [0.05, 0.1) is 30.7 Å². The molecule has 7 atom stereocenters. The summed E-state index contributed by atoms with van der Waals surface area (Å²) in [6.45, 7) is 0.799. The molecule has 0 aliphatic carbocycles. The van der Waals surface area contributed by atoms with Crippen molar-refractivity contribution in [2.45, 2.75) is 54.9 Å². The van der Waals surface area contributed by atoms with E-state index in [4.69, 9.17) is 18.7 Å². The van der Waals surface area contributed by atoms with Gasteiger partial charge in [0.25, 0.3) is 17.0 Å². The van der Waals surface area contributed by atoms with Crippen LogP contribution < -0.4 is 5.43 Å². The van der Waals surface area contributed by atoms with E-state index in [-0.39, 0.29) is 29.2 Å². The number of carbonyl (C=O) groups excluding carboxylic acids is 1. The Hall–Kier alpha value is -2.41. The fourth-order valence-electron chi connectivity index (χ4n) is 3.06. The van der Waals surface area contributed by atoms with Crippen LogP contribution in [0.25, 0.3) is 11.5 Å². The van der Waals surface area contributed by atoms with E-state index in [1.165, 1.54) is 0 Å².